The van der Waals surface area contributed by atoms with Crippen LogP contribution >= 0.6 is 0 Å². The van der Waals surface area contributed by atoms with Crippen LogP contribution in [0.3, 0.4) is 0 Å². The molecule has 6 aromatic heterocycles. The van der Waals surface area contributed by atoms with Crippen LogP contribution in [0.25, 0.3) is 255 Å². The molecule has 0 unspecified atom stereocenters. The average Bonchev–Trinajstić information content (AvgIpc) is 1.64. The van der Waals surface area contributed by atoms with Crippen LogP contribution in [0, 0.1) is 0 Å². The Bertz CT molecular complexity index is 9830. The summed E-state index contributed by atoms with van der Waals surface area (Å²) in [6, 6.07) is 105. The van der Waals surface area contributed by atoms with Gasteiger partial charge in [-0.2, -0.15) is 0 Å². The predicted molar refractivity (Wildman–Crippen MR) is 526 cm³/mol. The normalized spacial score (nSPS) is 13.2. The molecule has 0 atom stereocenters. The highest BCUT2D eigenvalue weighted by atomic mass is 16.3. The molecule has 602 valence electrons. The summed E-state index contributed by atoms with van der Waals surface area (Å²) in [6.45, 7) is 0. The molecule has 0 aliphatic heterocycles. The number of furan rings is 3. The Labute approximate surface area is 760 Å². The van der Waals surface area contributed by atoms with Crippen molar-refractivity contribution in [2.75, 3.05) is 0 Å². The molecule has 0 fully saturated rings. The molecule has 26 aromatic rings. The van der Waals surface area contributed by atoms with Crippen molar-refractivity contribution in [1.29, 1.82) is 0 Å². The molecule has 0 radical (unpaired) electrons. The van der Waals surface area contributed by atoms with Gasteiger partial charge in [-0.25, -0.2) is 44.9 Å². The first-order valence-corrected chi connectivity index (χ1v) is 41.8. The number of nitrogens with zero attached hydrogens (tertiary/aromatic N) is 9. The monoisotopic (exact) mass is 1660 g/mol. The van der Waals surface area contributed by atoms with Gasteiger partial charge in [0, 0.05) is 76.8 Å². The molecule has 0 aliphatic rings. The molecule has 129 heavy (non-hydrogen) atoms. The van der Waals surface area contributed by atoms with Gasteiger partial charge in [0.2, 0.25) is 0 Å². The van der Waals surface area contributed by atoms with Crippen molar-refractivity contribution in [1.82, 2.24) is 44.9 Å². The average molecular weight is 1670 g/mol. The second kappa shape index (κ2) is 31.9. The van der Waals surface area contributed by atoms with Gasteiger partial charge in [0.15, 0.2) is 52.4 Å². The van der Waals surface area contributed by atoms with E-state index in [1.165, 1.54) is 0 Å². The molecule has 6 heterocycles. The summed E-state index contributed by atoms with van der Waals surface area (Å²) in [4.78, 5) is 43.7. The number of para-hydroxylation sites is 1. The first-order chi connectivity index (χ1) is 70.1. The van der Waals surface area contributed by atoms with E-state index in [9.17, 15) is 0 Å². The van der Waals surface area contributed by atoms with Crippen LogP contribution in [-0.2, 0) is 0 Å². The Morgan fingerprint density at radius 3 is 0.992 bits per heavy atom. The van der Waals surface area contributed by atoms with E-state index in [-0.39, 0.29) is 82.1 Å². The Morgan fingerprint density at radius 1 is 0.163 bits per heavy atom. The standard InChI is InChI=1S/2C41H25N3O.C35H21N3O/c1-3-12-26(13-4-1)30-22-23-33(32-19-10-9-18-31(30)32)40-42-39(27-14-5-2-6-15-27)43-41(44-40)34-20-11-21-36-38(34)35-24-28-16-7-8-17-29(28)25-37(35)45-36;1-3-11-26(12-4-1)31-20-21-34(33-18-10-9-17-32(31)33)41-43-39(27-13-5-2-6-14-27)42-40(44-41)30-19-22-37-35(24-30)36-23-28-15-7-8-16-29(28)25-38(36)45-37;1-2-11-23(12-3-1)33-36-34(28-18-8-15-22-10-6-7-16-26(22)28)38-35(37-33)29-19-9-17-27-30-20-24-13-4-5-14-25(24)21-31(30)39-32(27)29/h2*1-25H;1-21H/i2D,5D,6D,14D,15D;2D,5D,6D,13D,14D;1D,2D,3D,11D,12D. The van der Waals surface area contributed by atoms with Crippen LogP contribution in [0.5, 0.6) is 0 Å². The Morgan fingerprint density at radius 2 is 0.481 bits per heavy atom. The van der Waals surface area contributed by atoms with Crippen LogP contribution in [0.15, 0.2) is 444 Å². The molecule has 0 amide bonds. The summed E-state index contributed by atoms with van der Waals surface area (Å²) in [6.07, 6.45) is 0. The lowest BCUT2D eigenvalue weighted by Crippen LogP contribution is -2.01. The molecule has 26 rings (SSSR count). The summed E-state index contributed by atoms with van der Waals surface area (Å²) in [7, 11) is 0. The minimum atomic E-state index is -0.484. The van der Waals surface area contributed by atoms with Gasteiger partial charge in [-0.1, -0.05) is 351 Å². The molecule has 0 saturated carbocycles. The highest BCUT2D eigenvalue weighted by molar-refractivity contribution is 6.17. The number of hydrogen-bond donors (Lipinski definition) is 0. The van der Waals surface area contributed by atoms with Gasteiger partial charge in [-0.05, 0) is 166 Å². The topological polar surface area (TPSA) is 155 Å². The molecule has 0 spiro atoms. The van der Waals surface area contributed by atoms with Gasteiger partial charge >= 0.3 is 0 Å². The van der Waals surface area contributed by atoms with Crippen LogP contribution in [0.2, 0.25) is 0 Å². The minimum absolute atomic E-state index is 0.0126. The van der Waals surface area contributed by atoms with Crippen molar-refractivity contribution in [3.05, 3.63) is 430 Å². The molecular weight excluding hydrogens is 1580 g/mol. The highest BCUT2D eigenvalue weighted by Crippen LogP contribution is 2.45. The van der Waals surface area contributed by atoms with E-state index in [1.807, 2.05) is 261 Å². The Kier molecular flexibility index (Phi) is 15.1. The van der Waals surface area contributed by atoms with E-state index in [2.05, 4.69) is 78.9 Å². The fourth-order valence-corrected chi connectivity index (χ4v) is 17.4. The smallest absolute Gasteiger partial charge is 0.167 e. The van der Waals surface area contributed by atoms with Crippen molar-refractivity contribution >= 4 is 130 Å². The zero-order chi connectivity index (χ0) is 98.3. The van der Waals surface area contributed by atoms with Gasteiger partial charge in [0.1, 0.15) is 33.5 Å². The molecule has 20 aromatic carbocycles. The summed E-state index contributed by atoms with van der Waals surface area (Å²) < 4.78 is 146. The second-order valence-electron chi connectivity index (χ2n) is 31.1. The SMILES string of the molecule is [2H]c1c([2H])c([2H])c(-c2nc(-c3ccc(-c4ccccc4)c4ccccc34)nc(-c3cccc4oc5cc6ccccc6cc5c34)n2)c([2H])c1[2H].[2H]c1c([2H])c([2H])c(-c2nc(-c3ccc4oc5cc6ccccc6cc5c4c3)nc(-c3ccc(-c4ccccc4)c4ccccc34)n2)c([2H])c1[2H].[2H]c1c([2H])c([2H])c(-c2nc(-c3cccc4ccccc34)nc(-c3cccc4c3oc3cc5ccccc5cc34)n2)c([2H])c1[2H]. The quantitative estimate of drug-likeness (QED) is 0.121. The van der Waals surface area contributed by atoms with Crippen LogP contribution in [0.1, 0.15) is 20.6 Å². The van der Waals surface area contributed by atoms with Crippen LogP contribution in [0.4, 0.5) is 0 Å². The molecule has 0 N–H and O–H groups in total. The van der Waals surface area contributed by atoms with E-state index < -0.39 is 54.4 Å². The number of hydrogen-bond acceptors (Lipinski definition) is 12. The minimum Gasteiger partial charge on any atom is -0.456 e. The van der Waals surface area contributed by atoms with Crippen molar-refractivity contribution in [3.63, 3.8) is 0 Å². The van der Waals surface area contributed by atoms with Crippen molar-refractivity contribution < 1.29 is 33.8 Å². The number of aromatic nitrogens is 9. The molecule has 0 bridgehead atoms. The third kappa shape index (κ3) is 13.9. The first kappa shape index (κ1) is 60.8. The summed E-state index contributed by atoms with van der Waals surface area (Å²) >= 11 is 0. The highest BCUT2D eigenvalue weighted by Gasteiger charge is 2.25. The Hall–Kier alpha value is -17.6. The fourth-order valence-electron chi connectivity index (χ4n) is 17.4. The van der Waals surface area contributed by atoms with Gasteiger partial charge in [0.05, 0.1) is 26.1 Å². The maximum Gasteiger partial charge on any atom is 0.167 e. The van der Waals surface area contributed by atoms with E-state index in [0.717, 1.165) is 141 Å². The first-order valence-electron chi connectivity index (χ1n) is 49.3. The van der Waals surface area contributed by atoms with Gasteiger partial charge < -0.3 is 13.3 Å². The van der Waals surface area contributed by atoms with Crippen LogP contribution < -0.4 is 0 Å². The lowest BCUT2D eigenvalue weighted by atomic mass is 9.94. The maximum absolute atomic E-state index is 8.78. The van der Waals surface area contributed by atoms with Crippen molar-refractivity contribution in [3.8, 4) is 125 Å². The predicted octanol–water partition coefficient (Wildman–Crippen LogP) is 30.6. The lowest BCUT2D eigenvalue weighted by Gasteiger charge is -2.13. The van der Waals surface area contributed by atoms with Gasteiger partial charge in [0.25, 0.3) is 0 Å². The molecular formula is C117H71N9O3. The van der Waals surface area contributed by atoms with Gasteiger partial charge in [-0.15, -0.1) is 0 Å². The third-order valence-corrected chi connectivity index (χ3v) is 23.4. The number of benzene rings is 20. The van der Waals surface area contributed by atoms with Crippen LogP contribution in [-0.4, -0.2) is 44.9 Å². The van der Waals surface area contributed by atoms with E-state index in [1.54, 1.807) is 0 Å². The molecule has 12 nitrogen and oxygen atoms in total. The van der Waals surface area contributed by atoms with E-state index in [4.69, 9.17) is 78.7 Å². The number of rotatable bonds is 11. The summed E-state index contributed by atoms with van der Waals surface area (Å²) in [5.41, 5.74) is 12.2. The van der Waals surface area contributed by atoms with E-state index >= 15 is 0 Å². The molecule has 0 saturated heterocycles. The van der Waals surface area contributed by atoms with Crippen molar-refractivity contribution in [2.45, 2.75) is 0 Å². The zero-order valence-corrected chi connectivity index (χ0v) is 68.1. The fraction of sp³-hybridized carbons (Fsp3) is 0. The summed E-state index contributed by atoms with van der Waals surface area (Å²) in [5, 5.41) is 17.5. The Balaban J connectivity index is 0.000000117. The van der Waals surface area contributed by atoms with Gasteiger partial charge in [-0.3, -0.25) is 0 Å². The summed E-state index contributed by atoms with van der Waals surface area (Å²) in [5.74, 6) is 1.73. The largest absolute Gasteiger partial charge is 0.456 e. The maximum atomic E-state index is 8.78. The third-order valence-electron chi connectivity index (χ3n) is 23.4. The second-order valence-corrected chi connectivity index (χ2v) is 31.1. The van der Waals surface area contributed by atoms with Crippen molar-refractivity contribution in [2.24, 2.45) is 0 Å². The van der Waals surface area contributed by atoms with E-state index in [0.29, 0.717) is 67.9 Å². The zero-order valence-electron chi connectivity index (χ0n) is 83.1. The molecule has 0 aliphatic carbocycles. The lowest BCUT2D eigenvalue weighted by molar-refractivity contribution is 0.669. The molecule has 12 heteroatoms. The number of fused-ring (bicyclic) bond motifs is 15.